The van der Waals surface area contributed by atoms with Crippen molar-refractivity contribution in [2.45, 2.75) is 39.7 Å². The molecule has 2 atom stereocenters. The molecule has 6 heteroatoms. The fourth-order valence-corrected chi connectivity index (χ4v) is 3.17. The molecule has 1 aliphatic rings. The molecule has 6 nitrogen and oxygen atoms in total. The summed E-state index contributed by atoms with van der Waals surface area (Å²) in [6, 6.07) is 9.12. The maximum absolute atomic E-state index is 12.9. The molecule has 0 bridgehead atoms. The number of carboxylic acid groups (broad SMARTS) is 1. The molecule has 0 saturated heterocycles. The first-order chi connectivity index (χ1) is 11.9. The minimum Gasteiger partial charge on any atom is -0.481 e. The van der Waals surface area contributed by atoms with E-state index in [0.717, 1.165) is 5.56 Å². The van der Waals surface area contributed by atoms with Crippen LogP contribution in [0.5, 0.6) is 0 Å². The van der Waals surface area contributed by atoms with Gasteiger partial charge in [0.1, 0.15) is 0 Å². The Bertz CT molecular complexity index is 695. The highest BCUT2D eigenvalue weighted by molar-refractivity contribution is 5.95. The molecule has 1 heterocycles. The van der Waals surface area contributed by atoms with Crippen molar-refractivity contribution in [1.82, 2.24) is 4.90 Å². The molecule has 0 aromatic heterocycles. The third kappa shape index (κ3) is 4.07. The number of hydrogen-bond acceptors (Lipinski definition) is 4. The summed E-state index contributed by atoms with van der Waals surface area (Å²) in [5, 5.41) is 9.12. The maximum atomic E-state index is 12.9. The van der Waals surface area contributed by atoms with Crippen molar-refractivity contribution < 1.29 is 24.2 Å². The van der Waals surface area contributed by atoms with Gasteiger partial charge in [0, 0.05) is 5.70 Å². The van der Waals surface area contributed by atoms with Crippen LogP contribution in [0, 0.1) is 5.92 Å². The van der Waals surface area contributed by atoms with Crippen LogP contribution in [-0.4, -0.2) is 34.5 Å². The molecule has 2 rings (SSSR count). The molecular weight excluding hydrogens is 322 g/mol. The number of rotatable bonds is 6. The lowest BCUT2D eigenvalue weighted by molar-refractivity contribution is -0.147. The number of carboxylic acids is 1. The number of hydrogen-bond donors (Lipinski definition) is 1. The third-order valence-corrected chi connectivity index (χ3v) is 4.45. The van der Waals surface area contributed by atoms with Gasteiger partial charge in [-0.15, -0.1) is 0 Å². The van der Waals surface area contributed by atoms with Crippen molar-refractivity contribution in [2.24, 2.45) is 5.92 Å². The van der Waals surface area contributed by atoms with Crippen molar-refractivity contribution in [3.63, 3.8) is 0 Å². The first-order valence-corrected chi connectivity index (χ1v) is 8.33. The lowest BCUT2D eigenvalue weighted by Gasteiger charge is -2.38. The fourth-order valence-electron chi connectivity index (χ4n) is 3.17. The lowest BCUT2D eigenvalue weighted by atomic mass is 9.88. The van der Waals surface area contributed by atoms with Crippen molar-refractivity contribution in [2.75, 3.05) is 6.61 Å². The highest BCUT2D eigenvalue weighted by atomic mass is 16.5. The highest BCUT2D eigenvalue weighted by Gasteiger charge is 2.39. The molecule has 0 radical (unpaired) electrons. The number of allylic oxidation sites excluding steroid dienone is 1. The summed E-state index contributed by atoms with van der Waals surface area (Å²) in [5.41, 5.74) is 1.81. The number of ether oxygens (including phenoxy) is 1. The van der Waals surface area contributed by atoms with E-state index in [-0.39, 0.29) is 31.4 Å². The molecule has 1 aromatic carbocycles. The molecule has 0 saturated carbocycles. The van der Waals surface area contributed by atoms with Gasteiger partial charge < -0.3 is 14.7 Å². The molecule has 0 unspecified atom stereocenters. The van der Waals surface area contributed by atoms with Gasteiger partial charge in [-0.2, -0.15) is 0 Å². The fraction of sp³-hybridized carbons (Fsp3) is 0.421. The van der Waals surface area contributed by atoms with Gasteiger partial charge >= 0.3 is 11.9 Å². The van der Waals surface area contributed by atoms with Gasteiger partial charge in [-0.1, -0.05) is 30.3 Å². The Balaban J connectivity index is 2.45. The summed E-state index contributed by atoms with van der Waals surface area (Å²) in [5.74, 6) is -2.60. The van der Waals surface area contributed by atoms with Gasteiger partial charge in [-0.05, 0) is 32.8 Å². The Morgan fingerprint density at radius 2 is 1.96 bits per heavy atom. The Morgan fingerprint density at radius 3 is 2.52 bits per heavy atom. The zero-order valence-corrected chi connectivity index (χ0v) is 14.7. The Labute approximate surface area is 147 Å². The van der Waals surface area contributed by atoms with E-state index in [1.807, 2.05) is 37.3 Å². The second kappa shape index (κ2) is 7.96. The van der Waals surface area contributed by atoms with E-state index in [1.165, 1.54) is 4.90 Å². The molecular formula is C19H23NO5. The van der Waals surface area contributed by atoms with Gasteiger partial charge in [0.2, 0.25) is 5.91 Å². The maximum Gasteiger partial charge on any atom is 0.335 e. The van der Waals surface area contributed by atoms with Gasteiger partial charge in [0.15, 0.2) is 0 Å². The van der Waals surface area contributed by atoms with Gasteiger partial charge in [-0.3, -0.25) is 9.59 Å². The van der Waals surface area contributed by atoms with Gasteiger partial charge in [-0.25, -0.2) is 4.79 Å². The van der Waals surface area contributed by atoms with E-state index in [1.54, 1.807) is 13.8 Å². The zero-order chi connectivity index (χ0) is 18.6. The smallest absolute Gasteiger partial charge is 0.335 e. The summed E-state index contributed by atoms with van der Waals surface area (Å²) in [6.45, 7) is 5.51. The first-order valence-electron chi connectivity index (χ1n) is 8.33. The summed E-state index contributed by atoms with van der Waals surface area (Å²) >= 11 is 0. The molecule has 25 heavy (non-hydrogen) atoms. The number of benzene rings is 1. The van der Waals surface area contributed by atoms with Crippen LogP contribution in [-0.2, 0) is 19.1 Å². The average molecular weight is 345 g/mol. The molecule has 1 N–H and O–H groups in total. The second-order valence-electron chi connectivity index (χ2n) is 6.08. The molecule has 0 aliphatic carbocycles. The van der Waals surface area contributed by atoms with Crippen molar-refractivity contribution in [3.8, 4) is 0 Å². The van der Waals surface area contributed by atoms with Crippen LogP contribution in [0.15, 0.2) is 41.6 Å². The molecule has 1 aromatic rings. The van der Waals surface area contributed by atoms with E-state index in [4.69, 9.17) is 9.84 Å². The number of carbonyl (C=O) groups is 3. The Morgan fingerprint density at radius 1 is 1.32 bits per heavy atom. The molecule has 1 amide bonds. The van der Waals surface area contributed by atoms with Crippen molar-refractivity contribution in [3.05, 3.63) is 47.2 Å². The monoisotopic (exact) mass is 345 g/mol. The number of aliphatic carboxylic acids is 1. The standard InChI is InChI=1S/C19H23NO5/c1-4-25-19(24)16-10-15(11-17(21)22)18(23)20(13(16)3)12(2)14-8-6-5-7-9-14/h5-9,12,15H,4,10-11H2,1-3H3,(H,21,22)/t12-,15+/m1/s1. The van der Waals surface area contributed by atoms with Crippen LogP contribution in [0.2, 0.25) is 0 Å². The van der Waals surface area contributed by atoms with Gasteiger partial charge in [0.05, 0.1) is 30.6 Å². The van der Waals surface area contributed by atoms with Crippen LogP contribution in [0.3, 0.4) is 0 Å². The van der Waals surface area contributed by atoms with Gasteiger partial charge in [0.25, 0.3) is 0 Å². The molecule has 134 valence electrons. The summed E-state index contributed by atoms with van der Waals surface area (Å²) in [4.78, 5) is 37.8. The van der Waals surface area contributed by atoms with Crippen LogP contribution < -0.4 is 0 Å². The highest BCUT2D eigenvalue weighted by Crippen LogP contribution is 2.36. The summed E-state index contributed by atoms with van der Waals surface area (Å²) in [6.07, 6.45) is -0.221. The van der Waals surface area contributed by atoms with Crippen molar-refractivity contribution >= 4 is 17.8 Å². The van der Waals surface area contributed by atoms with Crippen LogP contribution >= 0.6 is 0 Å². The lowest BCUT2D eigenvalue weighted by Crippen LogP contribution is -2.43. The van der Waals surface area contributed by atoms with E-state index in [2.05, 4.69) is 0 Å². The number of esters is 1. The van der Waals surface area contributed by atoms with E-state index < -0.39 is 17.9 Å². The quantitative estimate of drug-likeness (QED) is 0.802. The summed E-state index contributed by atoms with van der Waals surface area (Å²) < 4.78 is 5.09. The van der Waals surface area contributed by atoms with E-state index in [0.29, 0.717) is 11.3 Å². The van der Waals surface area contributed by atoms with Crippen LogP contribution in [0.1, 0.15) is 45.2 Å². The Hall–Kier alpha value is -2.63. The predicted molar refractivity (Wildman–Crippen MR) is 91.4 cm³/mol. The topological polar surface area (TPSA) is 83.9 Å². The van der Waals surface area contributed by atoms with Crippen molar-refractivity contribution in [1.29, 1.82) is 0 Å². The number of amides is 1. The minimum atomic E-state index is -1.06. The molecule has 1 aliphatic heterocycles. The average Bonchev–Trinajstić information content (AvgIpc) is 2.58. The minimum absolute atomic E-state index is 0.0911. The van der Waals surface area contributed by atoms with E-state index >= 15 is 0 Å². The Kier molecular flexibility index (Phi) is 5.96. The second-order valence-corrected chi connectivity index (χ2v) is 6.08. The van der Waals surface area contributed by atoms with Crippen LogP contribution in [0.25, 0.3) is 0 Å². The largest absolute Gasteiger partial charge is 0.481 e. The first kappa shape index (κ1) is 18.7. The van der Waals surface area contributed by atoms with Crippen LogP contribution in [0.4, 0.5) is 0 Å². The number of nitrogens with zero attached hydrogens (tertiary/aromatic N) is 1. The SMILES string of the molecule is CCOC(=O)C1=C(C)N([C@H](C)c2ccccc2)C(=O)[C@H](CC(=O)O)C1. The third-order valence-electron chi connectivity index (χ3n) is 4.45. The molecule has 0 spiro atoms. The number of carbonyl (C=O) groups excluding carboxylic acids is 2. The predicted octanol–water partition coefficient (Wildman–Crippen LogP) is 2.91. The summed E-state index contributed by atoms with van der Waals surface area (Å²) in [7, 11) is 0. The zero-order valence-electron chi connectivity index (χ0n) is 14.7. The normalized spacial score (nSPS) is 18.9. The van der Waals surface area contributed by atoms with E-state index in [9.17, 15) is 14.4 Å². The molecule has 0 fully saturated rings.